The quantitative estimate of drug-likeness (QED) is 0.0946. The van der Waals surface area contributed by atoms with Gasteiger partial charge in [-0.25, -0.2) is 0 Å². The second-order valence-electron chi connectivity index (χ2n) is 16.0. The first-order valence-electron chi connectivity index (χ1n) is 19.8. The molecule has 3 aromatic carbocycles. The lowest BCUT2D eigenvalue weighted by Gasteiger charge is -2.59. The minimum absolute atomic E-state index is 0.0515. The number of para-hydroxylation sites is 1. The average molecular weight is 828 g/mol. The molecule has 0 spiro atoms. The average Bonchev–Trinajstić information content (AvgIpc) is 3.65. The van der Waals surface area contributed by atoms with Gasteiger partial charge in [0.15, 0.2) is 28.7 Å². The number of ketones is 2. The van der Waals surface area contributed by atoms with E-state index in [1.165, 1.54) is 24.5 Å². The van der Waals surface area contributed by atoms with Gasteiger partial charge in [-0.2, -0.15) is 0 Å². The fraction of sp³-hybridized carbons (Fsp3) is 0.429. The number of amides is 1. The van der Waals surface area contributed by atoms with Crippen LogP contribution in [-0.2, 0) is 19.1 Å². The monoisotopic (exact) mass is 827 g/mol. The Labute approximate surface area is 342 Å². The minimum Gasteiger partial charge on any atom is -0.499 e. The van der Waals surface area contributed by atoms with Gasteiger partial charge in [-0.15, -0.1) is 0 Å². The number of aliphatic hydroxyl groups is 5. The molecule has 3 saturated heterocycles. The number of benzene rings is 3. The van der Waals surface area contributed by atoms with Gasteiger partial charge in [-0.1, -0.05) is 42.5 Å². The first-order chi connectivity index (χ1) is 28.9. The Kier molecular flexibility index (Phi) is 10.3. The third kappa shape index (κ3) is 6.21. The molecule has 1 amide bonds. The van der Waals surface area contributed by atoms with Crippen molar-refractivity contribution in [1.82, 2.24) is 16.0 Å². The van der Waals surface area contributed by atoms with Crippen LogP contribution >= 0.6 is 0 Å². The van der Waals surface area contributed by atoms with Gasteiger partial charge < -0.3 is 59.5 Å². The first kappa shape index (κ1) is 40.1. The molecule has 3 aromatic rings. The molecule has 0 unspecified atom stereocenters. The van der Waals surface area contributed by atoms with Gasteiger partial charge >= 0.3 is 0 Å². The summed E-state index contributed by atoms with van der Waals surface area (Å²) in [6.45, 7) is -1.30. The summed E-state index contributed by atoms with van der Waals surface area (Å²) in [4.78, 5) is 55.4. The van der Waals surface area contributed by atoms with Gasteiger partial charge in [0.25, 0.3) is 0 Å². The van der Waals surface area contributed by atoms with Crippen molar-refractivity contribution in [3.8, 4) is 11.5 Å². The number of carbonyl (C=O) groups excluding carboxylic acids is 4. The smallest absolute Gasteiger partial charge is 0.242 e. The Bertz CT molecular complexity index is 2270. The van der Waals surface area contributed by atoms with E-state index in [0.717, 1.165) is 0 Å². The Morgan fingerprint density at radius 3 is 2.55 bits per heavy atom. The molecule has 10 N–H and O–H groups in total. The number of ether oxygens (including phenoxy) is 4. The summed E-state index contributed by atoms with van der Waals surface area (Å²) >= 11 is 0. The number of carbonyl (C=O) groups is 4. The molecule has 18 heteroatoms. The molecule has 4 aliphatic heterocycles. The largest absolute Gasteiger partial charge is 0.499 e. The number of fused-ring (bicyclic) bond motifs is 10. The van der Waals surface area contributed by atoms with Gasteiger partial charge in [-0.05, 0) is 36.6 Å². The van der Waals surface area contributed by atoms with Crippen LogP contribution in [-0.4, -0.2) is 130 Å². The van der Waals surface area contributed by atoms with Crippen molar-refractivity contribution in [2.24, 2.45) is 11.7 Å². The number of nitrogens with zero attached hydrogens (tertiary/aromatic N) is 1. The molecule has 4 fully saturated rings. The summed E-state index contributed by atoms with van der Waals surface area (Å²) in [5.41, 5.74) is 2.90. The van der Waals surface area contributed by atoms with Crippen molar-refractivity contribution < 1.29 is 63.7 Å². The van der Waals surface area contributed by atoms with Crippen LogP contribution in [0, 0.1) is 5.92 Å². The van der Waals surface area contributed by atoms with Crippen molar-refractivity contribution in [3.63, 3.8) is 0 Å². The van der Waals surface area contributed by atoms with E-state index in [0.29, 0.717) is 17.5 Å². The Balaban J connectivity index is 1.30. The summed E-state index contributed by atoms with van der Waals surface area (Å²) in [6.07, 6.45) is -4.72. The van der Waals surface area contributed by atoms with Crippen LogP contribution in [0.15, 0.2) is 66.9 Å². The van der Waals surface area contributed by atoms with E-state index in [2.05, 4.69) is 16.0 Å². The molecule has 11 atom stereocenters. The molecule has 0 radical (unpaired) electrons. The topological polar surface area (TPSA) is 272 Å². The van der Waals surface area contributed by atoms with Crippen molar-refractivity contribution in [2.45, 2.75) is 79.5 Å². The highest BCUT2D eigenvalue weighted by Gasteiger charge is 2.69. The fourth-order valence-electron chi connectivity index (χ4n) is 9.53. The van der Waals surface area contributed by atoms with Crippen LogP contribution in [0.25, 0.3) is 0 Å². The molecule has 60 heavy (non-hydrogen) atoms. The number of aldehydes is 1. The molecule has 4 heterocycles. The highest BCUT2D eigenvalue weighted by Crippen LogP contribution is 2.53. The fourth-order valence-corrected chi connectivity index (χ4v) is 9.53. The number of hydrogen-bond donors (Lipinski definition) is 9. The van der Waals surface area contributed by atoms with Crippen molar-refractivity contribution in [3.05, 3.63) is 100 Å². The van der Waals surface area contributed by atoms with Gasteiger partial charge in [0.05, 0.1) is 24.6 Å². The molecular weight excluding hydrogens is 782 g/mol. The third-order valence-electron chi connectivity index (χ3n) is 12.7. The van der Waals surface area contributed by atoms with Crippen LogP contribution in [0.5, 0.6) is 11.5 Å². The molecule has 4 bridgehead atoms. The van der Waals surface area contributed by atoms with E-state index >= 15 is 0 Å². The minimum atomic E-state index is -2.46. The van der Waals surface area contributed by atoms with Crippen LogP contribution < -0.4 is 36.1 Å². The molecular formula is C42H45N5O13. The molecule has 2 aliphatic carbocycles. The number of nitrogens with two attached hydrogens (primary N) is 1. The Morgan fingerprint density at radius 1 is 1.03 bits per heavy atom. The molecule has 0 aromatic heterocycles. The van der Waals surface area contributed by atoms with Gasteiger partial charge in [0, 0.05) is 52.8 Å². The van der Waals surface area contributed by atoms with Crippen molar-refractivity contribution in [2.75, 3.05) is 31.4 Å². The van der Waals surface area contributed by atoms with Crippen molar-refractivity contribution in [1.29, 1.82) is 0 Å². The molecule has 1 saturated carbocycles. The first-order valence-corrected chi connectivity index (χ1v) is 19.8. The van der Waals surface area contributed by atoms with E-state index in [1.807, 2.05) is 17.0 Å². The summed E-state index contributed by atoms with van der Waals surface area (Å²) in [5, 5.41) is 66.6. The Hall–Kier alpha value is -5.28. The van der Waals surface area contributed by atoms with E-state index < -0.39 is 90.9 Å². The summed E-state index contributed by atoms with van der Waals surface area (Å²) < 4.78 is 25.4. The van der Waals surface area contributed by atoms with E-state index in [9.17, 15) is 44.7 Å². The maximum atomic E-state index is 14.6. The van der Waals surface area contributed by atoms with Gasteiger partial charge in [0.2, 0.25) is 12.2 Å². The predicted octanol–water partition coefficient (Wildman–Crippen LogP) is -1.18. The molecule has 18 nitrogen and oxygen atoms in total. The number of hydrogen-bond acceptors (Lipinski definition) is 17. The molecule has 316 valence electrons. The number of anilines is 1. The number of rotatable bonds is 8. The van der Waals surface area contributed by atoms with E-state index in [-0.39, 0.29) is 77.8 Å². The Morgan fingerprint density at radius 2 is 1.78 bits per heavy atom. The predicted molar refractivity (Wildman–Crippen MR) is 208 cm³/mol. The highest BCUT2D eigenvalue weighted by molar-refractivity contribution is 6.29. The van der Waals surface area contributed by atoms with E-state index in [4.69, 9.17) is 24.7 Å². The normalized spacial score (nSPS) is 34.0. The van der Waals surface area contributed by atoms with E-state index in [1.54, 1.807) is 30.3 Å². The number of allylic oxidation sites excluding steroid dienone is 1. The maximum absolute atomic E-state index is 14.6. The lowest BCUT2D eigenvalue weighted by atomic mass is 9.62. The van der Waals surface area contributed by atoms with Gasteiger partial charge in [-0.3, -0.25) is 30.8 Å². The maximum Gasteiger partial charge on any atom is 0.242 e. The lowest BCUT2D eigenvalue weighted by molar-refractivity contribution is -0.381. The van der Waals surface area contributed by atoms with Crippen LogP contribution in [0.2, 0.25) is 0 Å². The highest BCUT2D eigenvalue weighted by atomic mass is 16.7. The van der Waals surface area contributed by atoms with Crippen LogP contribution in [0.1, 0.15) is 68.2 Å². The van der Waals surface area contributed by atoms with Crippen LogP contribution in [0.3, 0.4) is 0 Å². The standard InChI is InChI=1S/C42H45N5O13/c43-40-45-36-31(37(53)46-40)44-19-47(36)28-8-4-3-5-23(28)22-11-14-57-18-29-41(55)12-9-20(16-49)42(56,38(41)54)39(59-29)60-34-26(22)15-27-30(35(34)58-17-21(50)10-13-48)33(52)25-7-2-1-6-24(25)32(27)51/h1-8,11,13-15,20-22,29,31,36,38-40,44-45,49-50,54-56H,9-10,12,16-19,43H2,(H,46,53)/b14-11+/t20-,21-,22+,29+,31-,36-,38-,39-,40-,41+,42+/m1/s1. The second kappa shape index (κ2) is 15.3. The molecule has 6 aliphatic rings. The SMILES string of the molecule is N[C@H]1NC(=O)[C@@H]2NCN(c3ccccc3[C@@H]3/C=C/OC[C@@H]4O[C@H](Oc5c3cc3c(c5OC[C@H](O)CC=O)C(=O)c5ccccc5C3=O)[C@]3(O)[C@@H](CO)CC[C@@]4(O)[C@H]3O)[C@H]2N1. The zero-order valence-corrected chi connectivity index (χ0v) is 32.1. The van der Waals surface area contributed by atoms with Gasteiger partial charge in [0.1, 0.15) is 55.8 Å². The van der Waals surface area contributed by atoms with Crippen LogP contribution in [0.4, 0.5) is 5.69 Å². The lowest BCUT2D eigenvalue weighted by Crippen LogP contribution is -2.78. The zero-order chi connectivity index (χ0) is 42.1. The summed E-state index contributed by atoms with van der Waals surface area (Å²) in [6, 6.07) is 14.3. The number of nitrogens with one attached hydrogen (secondary N) is 3. The summed E-state index contributed by atoms with van der Waals surface area (Å²) in [5.74, 6) is -4.05. The molecule has 9 rings (SSSR count). The van der Waals surface area contributed by atoms with Crippen molar-refractivity contribution >= 4 is 29.4 Å². The zero-order valence-electron chi connectivity index (χ0n) is 32.1. The number of aliphatic hydroxyl groups excluding tert-OH is 3. The summed E-state index contributed by atoms with van der Waals surface area (Å²) in [7, 11) is 0. The second-order valence-corrected chi connectivity index (χ2v) is 16.0. The third-order valence-corrected chi connectivity index (χ3v) is 12.7.